The summed E-state index contributed by atoms with van der Waals surface area (Å²) in [6, 6.07) is 16.1. The second kappa shape index (κ2) is 12.7. The summed E-state index contributed by atoms with van der Waals surface area (Å²) in [6.07, 6.45) is 1.02. The van der Waals surface area contributed by atoms with Crippen molar-refractivity contribution in [3.8, 4) is 11.5 Å². The van der Waals surface area contributed by atoms with Crippen molar-refractivity contribution >= 4 is 5.96 Å². The number of rotatable bonds is 11. The van der Waals surface area contributed by atoms with E-state index in [0.717, 1.165) is 54.7 Å². The summed E-state index contributed by atoms with van der Waals surface area (Å²) in [5.41, 5.74) is 2.23. The van der Waals surface area contributed by atoms with Crippen molar-refractivity contribution in [2.24, 2.45) is 4.99 Å². The van der Waals surface area contributed by atoms with E-state index in [2.05, 4.69) is 53.7 Å². The van der Waals surface area contributed by atoms with Crippen LogP contribution in [-0.2, 0) is 13.1 Å². The fourth-order valence-corrected chi connectivity index (χ4v) is 2.80. The topological polar surface area (TPSA) is 58.1 Å². The molecule has 0 aliphatic carbocycles. The molecule has 0 atom stereocenters. The first-order valence-electron chi connectivity index (χ1n) is 10.1. The van der Waals surface area contributed by atoms with Crippen LogP contribution >= 0.6 is 0 Å². The Balaban J connectivity index is 1.87. The Morgan fingerprint density at radius 2 is 1.79 bits per heavy atom. The summed E-state index contributed by atoms with van der Waals surface area (Å²) in [5, 5.41) is 6.65. The third kappa shape index (κ3) is 8.44. The van der Waals surface area contributed by atoms with Gasteiger partial charge in [0.1, 0.15) is 11.5 Å². The summed E-state index contributed by atoms with van der Waals surface area (Å²) in [4.78, 5) is 6.85. The van der Waals surface area contributed by atoms with Gasteiger partial charge in [-0.05, 0) is 51.2 Å². The van der Waals surface area contributed by atoms with Crippen molar-refractivity contribution in [2.75, 3.05) is 40.9 Å². The maximum atomic E-state index is 5.79. The SMILES string of the molecule is CCNC(=NCc1ccc(OCCCN(C)C)cc1)NCc1ccccc1OC. The number of benzene rings is 2. The van der Waals surface area contributed by atoms with Crippen molar-refractivity contribution < 1.29 is 9.47 Å². The summed E-state index contributed by atoms with van der Waals surface area (Å²) in [6.45, 7) is 5.87. The van der Waals surface area contributed by atoms with Gasteiger partial charge in [0.05, 0.1) is 20.3 Å². The van der Waals surface area contributed by atoms with E-state index < -0.39 is 0 Å². The Morgan fingerprint density at radius 1 is 1.03 bits per heavy atom. The first-order valence-corrected chi connectivity index (χ1v) is 10.1. The average Bonchev–Trinajstić information content (AvgIpc) is 2.74. The molecule has 2 aromatic rings. The molecule has 0 spiro atoms. The zero-order chi connectivity index (χ0) is 20.9. The van der Waals surface area contributed by atoms with Crippen LogP contribution in [0.2, 0.25) is 0 Å². The van der Waals surface area contributed by atoms with Gasteiger partial charge in [0.25, 0.3) is 0 Å². The van der Waals surface area contributed by atoms with Gasteiger partial charge in [-0.2, -0.15) is 0 Å². The number of nitrogens with one attached hydrogen (secondary N) is 2. The predicted octanol–water partition coefficient (Wildman–Crippen LogP) is 3.28. The molecule has 29 heavy (non-hydrogen) atoms. The van der Waals surface area contributed by atoms with Gasteiger partial charge in [-0.25, -0.2) is 4.99 Å². The molecule has 2 aromatic carbocycles. The number of hydrogen-bond donors (Lipinski definition) is 2. The largest absolute Gasteiger partial charge is 0.496 e. The van der Waals surface area contributed by atoms with Crippen LogP contribution in [0.3, 0.4) is 0 Å². The first kappa shape index (κ1) is 22.6. The van der Waals surface area contributed by atoms with E-state index in [1.807, 2.05) is 36.4 Å². The van der Waals surface area contributed by atoms with Crippen molar-refractivity contribution in [1.82, 2.24) is 15.5 Å². The number of methoxy groups -OCH3 is 1. The number of nitrogens with zero attached hydrogens (tertiary/aromatic N) is 2. The molecule has 2 N–H and O–H groups in total. The molecule has 0 aliphatic rings. The highest BCUT2D eigenvalue weighted by Crippen LogP contribution is 2.17. The van der Waals surface area contributed by atoms with Gasteiger partial charge < -0.3 is 25.0 Å². The summed E-state index contributed by atoms with van der Waals surface area (Å²) in [5.74, 6) is 2.55. The van der Waals surface area contributed by atoms with Gasteiger partial charge in [0, 0.05) is 25.2 Å². The standard InChI is InChI=1S/C23H34N4O2/c1-5-24-23(26-18-20-9-6-7-10-22(20)28-4)25-17-19-11-13-21(14-12-19)29-16-8-15-27(2)3/h6-7,9-14H,5,8,15-18H2,1-4H3,(H2,24,25,26). The van der Waals surface area contributed by atoms with Crippen LogP contribution in [0.4, 0.5) is 0 Å². The average molecular weight is 399 g/mol. The van der Waals surface area contributed by atoms with Gasteiger partial charge in [-0.15, -0.1) is 0 Å². The molecule has 6 nitrogen and oxygen atoms in total. The van der Waals surface area contributed by atoms with Gasteiger partial charge in [0.15, 0.2) is 5.96 Å². The lowest BCUT2D eigenvalue weighted by Crippen LogP contribution is -2.36. The number of para-hydroxylation sites is 1. The number of hydrogen-bond acceptors (Lipinski definition) is 4. The Hall–Kier alpha value is -2.73. The molecule has 158 valence electrons. The lowest BCUT2D eigenvalue weighted by atomic mass is 10.2. The Kier molecular flexibility index (Phi) is 9.86. The van der Waals surface area contributed by atoms with Gasteiger partial charge in [0.2, 0.25) is 0 Å². The summed E-state index contributed by atoms with van der Waals surface area (Å²) >= 11 is 0. The molecule has 0 radical (unpaired) electrons. The van der Waals surface area contributed by atoms with Crippen molar-refractivity contribution in [2.45, 2.75) is 26.4 Å². The molecule has 0 aromatic heterocycles. The van der Waals surface area contributed by atoms with E-state index in [-0.39, 0.29) is 0 Å². The second-order valence-corrected chi connectivity index (χ2v) is 7.01. The molecular formula is C23H34N4O2. The van der Waals surface area contributed by atoms with E-state index in [0.29, 0.717) is 13.1 Å². The summed E-state index contributed by atoms with van der Waals surface area (Å²) in [7, 11) is 5.83. The Bertz CT molecular complexity index is 745. The fourth-order valence-electron chi connectivity index (χ4n) is 2.80. The third-order valence-corrected chi connectivity index (χ3v) is 4.34. The minimum absolute atomic E-state index is 0.599. The molecule has 0 aliphatic heterocycles. The highest BCUT2D eigenvalue weighted by atomic mass is 16.5. The summed E-state index contributed by atoms with van der Waals surface area (Å²) < 4.78 is 11.2. The van der Waals surface area contributed by atoms with E-state index >= 15 is 0 Å². The second-order valence-electron chi connectivity index (χ2n) is 7.01. The molecule has 0 bridgehead atoms. The van der Waals surface area contributed by atoms with Crippen molar-refractivity contribution in [3.63, 3.8) is 0 Å². The molecule has 0 saturated heterocycles. The van der Waals surface area contributed by atoms with E-state index in [9.17, 15) is 0 Å². The number of aliphatic imine (C=N–C) groups is 1. The van der Waals surface area contributed by atoms with E-state index in [4.69, 9.17) is 9.47 Å². The molecule has 0 fully saturated rings. The van der Waals surface area contributed by atoms with E-state index in [1.54, 1.807) is 7.11 Å². The maximum Gasteiger partial charge on any atom is 0.191 e. The Morgan fingerprint density at radius 3 is 2.48 bits per heavy atom. The quantitative estimate of drug-likeness (QED) is 0.346. The number of guanidine groups is 1. The minimum atomic E-state index is 0.599. The molecule has 0 saturated carbocycles. The van der Waals surface area contributed by atoms with Crippen LogP contribution in [0.15, 0.2) is 53.5 Å². The molecule has 0 heterocycles. The molecule has 0 unspecified atom stereocenters. The lowest BCUT2D eigenvalue weighted by Gasteiger charge is -2.13. The van der Waals surface area contributed by atoms with Crippen molar-refractivity contribution in [3.05, 3.63) is 59.7 Å². The van der Waals surface area contributed by atoms with Crippen LogP contribution in [0.5, 0.6) is 11.5 Å². The third-order valence-electron chi connectivity index (χ3n) is 4.34. The van der Waals surface area contributed by atoms with E-state index in [1.165, 1.54) is 0 Å². The van der Waals surface area contributed by atoms with Crippen molar-refractivity contribution in [1.29, 1.82) is 0 Å². The first-order chi connectivity index (χ1) is 14.1. The number of ether oxygens (including phenoxy) is 2. The molecule has 2 rings (SSSR count). The molecule has 6 heteroatoms. The zero-order valence-electron chi connectivity index (χ0n) is 18.1. The van der Waals surface area contributed by atoms with Crippen LogP contribution < -0.4 is 20.1 Å². The highest BCUT2D eigenvalue weighted by Gasteiger charge is 2.04. The van der Waals surface area contributed by atoms with Crippen LogP contribution in [0.1, 0.15) is 24.5 Å². The van der Waals surface area contributed by atoms with Crippen LogP contribution in [0.25, 0.3) is 0 Å². The maximum absolute atomic E-state index is 5.79. The fraction of sp³-hybridized carbons (Fsp3) is 0.435. The van der Waals surface area contributed by atoms with Crippen LogP contribution in [0, 0.1) is 0 Å². The minimum Gasteiger partial charge on any atom is -0.496 e. The molecule has 0 amide bonds. The zero-order valence-corrected chi connectivity index (χ0v) is 18.1. The van der Waals surface area contributed by atoms with Gasteiger partial charge in [-0.3, -0.25) is 0 Å². The monoisotopic (exact) mass is 398 g/mol. The lowest BCUT2D eigenvalue weighted by molar-refractivity contribution is 0.281. The Labute approximate surface area is 174 Å². The predicted molar refractivity (Wildman–Crippen MR) is 120 cm³/mol. The normalized spacial score (nSPS) is 11.4. The van der Waals surface area contributed by atoms with Gasteiger partial charge in [-0.1, -0.05) is 30.3 Å². The van der Waals surface area contributed by atoms with Gasteiger partial charge >= 0.3 is 0 Å². The van der Waals surface area contributed by atoms with Crippen LogP contribution in [-0.4, -0.2) is 51.8 Å². The molecular weight excluding hydrogens is 364 g/mol. The smallest absolute Gasteiger partial charge is 0.191 e. The highest BCUT2D eigenvalue weighted by molar-refractivity contribution is 5.79.